The quantitative estimate of drug-likeness (QED) is 0.720. The van der Waals surface area contributed by atoms with Crippen LogP contribution in [-0.2, 0) is 4.74 Å². The molecule has 0 aliphatic carbocycles. The van der Waals surface area contributed by atoms with Crippen LogP contribution in [0.15, 0.2) is 69.7 Å². The van der Waals surface area contributed by atoms with E-state index in [9.17, 15) is 0 Å². The van der Waals surface area contributed by atoms with Crippen LogP contribution in [0.1, 0.15) is 20.3 Å². The van der Waals surface area contributed by atoms with Crippen LogP contribution in [0.25, 0.3) is 0 Å². The molecule has 0 spiro atoms. The maximum Gasteiger partial charge on any atom is 0.149 e. The van der Waals surface area contributed by atoms with E-state index in [1.54, 1.807) is 11.8 Å². The first-order chi connectivity index (χ1) is 10.2. The number of hydrogen-bond donors (Lipinski definition) is 1. The minimum atomic E-state index is 0.0343. The number of dihydropyridines is 1. The molecule has 0 amide bonds. The number of halogens is 1. The first-order valence-electron chi connectivity index (χ1n) is 7.00. The van der Waals surface area contributed by atoms with Gasteiger partial charge in [0.25, 0.3) is 0 Å². The van der Waals surface area contributed by atoms with E-state index in [0.29, 0.717) is 5.03 Å². The van der Waals surface area contributed by atoms with Crippen molar-refractivity contribution in [3.05, 3.63) is 69.7 Å². The Morgan fingerprint density at radius 2 is 2.29 bits per heavy atom. The van der Waals surface area contributed by atoms with Crippen LogP contribution >= 0.6 is 23.4 Å². The van der Waals surface area contributed by atoms with Gasteiger partial charge in [-0.1, -0.05) is 36.8 Å². The number of allylic oxidation sites excluding steroid dienone is 6. The zero-order valence-electron chi connectivity index (χ0n) is 12.5. The lowest BCUT2D eigenvalue weighted by Crippen LogP contribution is -2.24. The zero-order valence-corrected chi connectivity index (χ0v) is 14.1. The van der Waals surface area contributed by atoms with Crippen molar-refractivity contribution < 1.29 is 4.74 Å². The summed E-state index contributed by atoms with van der Waals surface area (Å²) >= 11 is 7.91. The molecule has 112 valence electrons. The van der Waals surface area contributed by atoms with E-state index in [4.69, 9.17) is 16.3 Å². The van der Waals surface area contributed by atoms with E-state index in [1.807, 2.05) is 25.3 Å². The summed E-state index contributed by atoms with van der Waals surface area (Å²) < 4.78 is 5.91. The molecule has 21 heavy (non-hydrogen) atoms. The molecule has 1 unspecified atom stereocenters. The van der Waals surface area contributed by atoms with Crippen LogP contribution in [0.2, 0.25) is 0 Å². The molecule has 2 rings (SSSR count). The van der Waals surface area contributed by atoms with E-state index >= 15 is 0 Å². The Labute approximate surface area is 136 Å². The predicted molar refractivity (Wildman–Crippen MR) is 92.9 cm³/mol. The summed E-state index contributed by atoms with van der Waals surface area (Å²) in [6, 6.07) is 0.0343. The van der Waals surface area contributed by atoms with Crippen molar-refractivity contribution in [2.24, 2.45) is 0 Å². The number of nitrogens with one attached hydrogen (secondary N) is 1. The summed E-state index contributed by atoms with van der Waals surface area (Å²) in [5.74, 6) is 1.62. The molecule has 0 fully saturated rings. The fourth-order valence-electron chi connectivity index (χ4n) is 2.14. The fourth-order valence-corrected chi connectivity index (χ4v) is 2.90. The Morgan fingerprint density at radius 1 is 1.48 bits per heavy atom. The normalized spacial score (nSPS) is 22.3. The second-order valence-electron chi connectivity index (χ2n) is 4.62. The van der Waals surface area contributed by atoms with Crippen molar-refractivity contribution in [1.82, 2.24) is 5.32 Å². The SMILES string of the molecule is C\C=C(/C=C\C(=C/CC)SC)C1=CC2NC=CC(Cl)=C2O1. The summed E-state index contributed by atoms with van der Waals surface area (Å²) in [5, 5.41) is 3.88. The summed E-state index contributed by atoms with van der Waals surface area (Å²) in [7, 11) is 0. The van der Waals surface area contributed by atoms with Crippen LogP contribution in [0.3, 0.4) is 0 Å². The molecule has 0 saturated heterocycles. The van der Waals surface area contributed by atoms with Gasteiger partial charge in [-0.2, -0.15) is 0 Å². The average molecular weight is 322 g/mol. The largest absolute Gasteiger partial charge is 0.457 e. The van der Waals surface area contributed by atoms with E-state index in [1.165, 1.54) is 4.91 Å². The Morgan fingerprint density at radius 3 is 2.90 bits per heavy atom. The van der Waals surface area contributed by atoms with E-state index in [2.05, 4.69) is 42.8 Å². The van der Waals surface area contributed by atoms with Gasteiger partial charge in [0.1, 0.15) is 17.6 Å². The van der Waals surface area contributed by atoms with Gasteiger partial charge >= 0.3 is 0 Å². The van der Waals surface area contributed by atoms with E-state index in [0.717, 1.165) is 23.5 Å². The predicted octanol–water partition coefficient (Wildman–Crippen LogP) is 5.00. The molecule has 1 N–H and O–H groups in total. The fraction of sp³-hybridized carbons (Fsp3) is 0.294. The minimum Gasteiger partial charge on any atom is -0.457 e. The molecule has 4 heteroatoms. The van der Waals surface area contributed by atoms with Crippen molar-refractivity contribution in [3.8, 4) is 0 Å². The standard InChI is InChI=1S/C17H20ClNOS/c1-4-6-13(21-3)8-7-12(5-2)16-11-15-17(20-16)14(18)9-10-19-15/h5-11,15,19H,4H2,1-3H3/b8-7-,12-5+,13-6+. The summed E-state index contributed by atoms with van der Waals surface area (Å²) in [5.41, 5.74) is 1.05. The first-order valence-corrected chi connectivity index (χ1v) is 8.60. The van der Waals surface area contributed by atoms with Crippen LogP contribution in [-0.4, -0.2) is 12.3 Å². The lowest BCUT2D eigenvalue weighted by molar-refractivity contribution is 0.319. The number of thioether (sulfide) groups is 1. The first kappa shape index (κ1) is 16.1. The number of fused-ring (bicyclic) bond motifs is 1. The molecule has 2 heterocycles. The second-order valence-corrected chi connectivity index (χ2v) is 5.91. The van der Waals surface area contributed by atoms with Gasteiger partial charge in [0.15, 0.2) is 0 Å². The molecule has 0 bridgehead atoms. The van der Waals surface area contributed by atoms with Crippen molar-refractivity contribution in [2.45, 2.75) is 26.3 Å². The minimum absolute atomic E-state index is 0.0343. The summed E-state index contributed by atoms with van der Waals surface area (Å²) in [4.78, 5) is 1.25. The van der Waals surface area contributed by atoms with Gasteiger partial charge in [0, 0.05) is 10.5 Å². The Hall–Kier alpha value is -1.32. The molecule has 0 radical (unpaired) electrons. The summed E-state index contributed by atoms with van der Waals surface area (Å²) in [6.45, 7) is 4.15. The molecular weight excluding hydrogens is 302 g/mol. The highest BCUT2D eigenvalue weighted by Gasteiger charge is 2.27. The van der Waals surface area contributed by atoms with Crippen molar-refractivity contribution in [2.75, 3.05) is 6.26 Å². The third kappa shape index (κ3) is 3.86. The molecular formula is C17H20ClNOS. The van der Waals surface area contributed by atoms with Crippen LogP contribution in [0, 0.1) is 0 Å². The molecule has 2 nitrogen and oxygen atoms in total. The van der Waals surface area contributed by atoms with Crippen molar-refractivity contribution in [3.63, 3.8) is 0 Å². The highest BCUT2D eigenvalue weighted by molar-refractivity contribution is 8.02. The third-order valence-electron chi connectivity index (χ3n) is 3.22. The van der Waals surface area contributed by atoms with Gasteiger partial charge in [-0.05, 0) is 44.0 Å². The molecule has 0 aromatic rings. The lowest BCUT2D eigenvalue weighted by atomic mass is 10.1. The van der Waals surface area contributed by atoms with Gasteiger partial charge in [-0.15, -0.1) is 11.8 Å². The second kappa shape index (κ2) is 7.62. The van der Waals surface area contributed by atoms with E-state index < -0.39 is 0 Å². The Kier molecular flexibility index (Phi) is 5.83. The van der Waals surface area contributed by atoms with Gasteiger partial charge < -0.3 is 10.1 Å². The van der Waals surface area contributed by atoms with Crippen LogP contribution < -0.4 is 5.32 Å². The summed E-state index contributed by atoms with van der Waals surface area (Å²) in [6.07, 6.45) is 17.3. The van der Waals surface area contributed by atoms with Gasteiger partial charge in [-0.25, -0.2) is 0 Å². The molecule has 0 aromatic carbocycles. The van der Waals surface area contributed by atoms with Gasteiger partial charge in [-0.3, -0.25) is 0 Å². The number of hydrogen-bond acceptors (Lipinski definition) is 3. The maximum atomic E-state index is 6.17. The lowest BCUT2D eigenvalue weighted by Gasteiger charge is -2.15. The van der Waals surface area contributed by atoms with Crippen molar-refractivity contribution >= 4 is 23.4 Å². The number of rotatable bonds is 5. The van der Waals surface area contributed by atoms with Crippen LogP contribution in [0.5, 0.6) is 0 Å². The highest BCUT2D eigenvalue weighted by Crippen LogP contribution is 2.33. The molecule has 0 aromatic heterocycles. The van der Waals surface area contributed by atoms with Gasteiger partial charge in [0.2, 0.25) is 0 Å². The molecule has 2 aliphatic rings. The number of ether oxygens (including phenoxy) is 1. The molecule has 1 atom stereocenters. The highest BCUT2D eigenvalue weighted by atomic mass is 35.5. The van der Waals surface area contributed by atoms with Crippen molar-refractivity contribution in [1.29, 1.82) is 0 Å². The molecule has 0 saturated carbocycles. The Balaban J connectivity index is 2.16. The zero-order chi connectivity index (χ0) is 15.2. The monoisotopic (exact) mass is 321 g/mol. The van der Waals surface area contributed by atoms with Crippen LogP contribution in [0.4, 0.5) is 0 Å². The smallest absolute Gasteiger partial charge is 0.149 e. The third-order valence-corrected chi connectivity index (χ3v) is 4.31. The Bertz CT molecular complexity index is 582. The average Bonchev–Trinajstić information content (AvgIpc) is 2.92. The topological polar surface area (TPSA) is 21.3 Å². The van der Waals surface area contributed by atoms with E-state index in [-0.39, 0.29) is 6.04 Å². The molecule has 2 aliphatic heterocycles. The van der Waals surface area contributed by atoms with Gasteiger partial charge in [0.05, 0.1) is 5.03 Å². The maximum absolute atomic E-state index is 6.17.